The lowest BCUT2D eigenvalue weighted by molar-refractivity contribution is -0.0936. The van der Waals surface area contributed by atoms with Crippen LogP contribution in [0.3, 0.4) is 0 Å². The fourth-order valence-corrected chi connectivity index (χ4v) is 2.41. The summed E-state index contributed by atoms with van der Waals surface area (Å²) in [6.07, 6.45) is -0.777. The van der Waals surface area contributed by atoms with Gasteiger partial charge in [0.25, 0.3) is 11.8 Å². The van der Waals surface area contributed by atoms with Crippen LogP contribution in [0.25, 0.3) is 0 Å². The van der Waals surface area contributed by atoms with Crippen LogP contribution in [0, 0.1) is 0 Å². The van der Waals surface area contributed by atoms with E-state index in [9.17, 15) is 18.4 Å². The van der Waals surface area contributed by atoms with Crippen LogP contribution in [-0.2, 0) is 4.74 Å². The Hall–Kier alpha value is -2.22. The molecule has 0 radical (unpaired) electrons. The molecule has 2 rings (SSSR count). The number of amides is 2. The van der Waals surface area contributed by atoms with E-state index in [1.807, 2.05) is 0 Å². The van der Waals surface area contributed by atoms with Crippen molar-refractivity contribution < 1.29 is 23.1 Å². The molecule has 1 aliphatic rings. The minimum atomic E-state index is -3.20. The Kier molecular flexibility index (Phi) is 5.62. The van der Waals surface area contributed by atoms with Gasteiger partial charge in [-0.05, 0) is 39.3 Å². The first-order valence-corrected chi connectivity index (χ1v) is 8.05. The molecule has 2 amide bonds. The molecule has 0 spiro atoms. The Balaban J connectivity index is 1.90. The van der Waals surface area contributed by atoms with Crippen molar-refractivity contribution >= 4 is 12.0 Å². The Morgan fingerprint density at radius 2 is 1.88 bits per heavy atom. The zero-order chi connectivity index (χ0) is 18.7. The number of rotatable bonds is 3. The van der Waals surface area contributed by atoms with E-state index in [4.69, 9.17) is 4.74 Å². The Labute approximate surface area is 145 Å². The van der Waals surface area contributed by atoms with Crippen LogP contribution >= 0.6 is 0 Å². The number of carbonyl (C=O) groups excluding carboxylic acids is 2. The van der Waals surface area contributed by atoms with Gasteiger partial charge < -0.3 is 9.64 Å². The van der Waals surface area contributed by atoms with Crippen LogP contribution in [-0.4, -0.2) is 47.6 Å². The number of hydrazine groups is 1. The third-order valence-electron chi connectivity index (χ3n) is 3.65. The Morgan fingerprint density at radius 3 is 2.44 bits per heavy atom. The van der Waals surface area contributed by atoms with Crippen LogP contribution in [0.4, 0.5) is 13.6 Å². The van der Waals surface area contributed by atoms with Crippen LogP contribution in [0.15, 0.2) is 30.3 Å². The summed E-state index contributed by atoms with van der Waals surface area (Å²) in [5.41, 5.74) is 4.31. The molecule has 138 valence electrons. The van der Waals surface area contributed by atoms with Gasteiger partial charge in [0.1, 0.15) is 5.60 Å². The van der Waals surface area contributed by atoms with E-state index in [0.29, 0.717) is 5.56 Å². The number of hydrogen-bond acceptors (Lipinski definition) is 4. The van der Waals surface area contributed by atoms with E-state index >= 15 is 0 Å². The molecule has 1 aromatic rings. The van der Waals surface area contributed by atoms with Gasteiger partial charge in [0.2, 0.25) is 0 Å². The first-order valence-electron chi connectivity index (χ1n) is 8.05. The van der Waals surface area contributed by atoms with E-state index in [2.05, 4.69) is 10.9 Å². The standard InChI is InChI=1S/C17H23F2N3O3/c1-16(2,3)25-15(24)22-10-9-13(17(18,19)11-22)20-21-14(23)12-7-5-4-6-8-12/h4-8,13,20H,9-11H2,1-3H3,(H,21,23). The fourth-order valence-electron chi connectivity index (χ4n) is 2.41. The van der Waals surface area contributed by atoms with Crippen molar-refractivity contribution in [3.8, 4) is 0 Å². The van der Waals surface area contributed by atoms with Crippen molar-refractivity contribution in [2.24, 2.45) is 0 Å². The highest BCUT2D eigenvalue weighted by molar-refractivity contribution is 5.93. The van der Waals surface area contributed by atoms with Gasteiger partial charge in [-0.3, -0.25) is 10.2 Å². The molecule has 1 aromatic carbocycles. The first-order chi connectivity index (χ1) is 11.6. The van der Waals surface area contributed by atoms with Crippen molar-refractivity contribution in [1.29, 1.82) is 0 Å². The van der Waals surface area contributed by atoms with Gasteiger partial charge in [-0.15, -0.1) is 0 Å². The van der Waals surface area contributed by atoms with Crippen molar-refractivity contribution in [1.82, 2.24) is 15.8 Å². The smallest absolute Gasteiger partial charge is 0.410 e. The highest BCUT2D eigenvalue weighted by atomic mass is 19.3. The van der Waals surface area contributed by atoms with Gasteiger partial charge in [0, 0.05) is 12.1 Å². The maximum atomic E-state index is 14.3. The average Bonchev–Trinajstić information content (AvgIpc) is 2.52. The SMILES string of the molecule is CC(C)(C)OC(=O)N1CCC(NNC(=O)c2ccccc2)C(F)(F)C1. The number of likely N-dealkylation sites (tertiary alicyclic amines) is 1. The molecule has 0 bridgehead atoms. The number of halogens is 2. The molecule has 2 N–H and O–H groups in total. The second-order valence-corrected chi connectivity index (χ2v) is 6.97. The molecule has 8 heteroatoms. The van der Waals surface area contributed by atoms with E-state index in [1.54, 1.807) is 51.1 Å². The lowest BCUT2D eigenvalue weighted by Gasteiger charge is -2.38. The molecule has 0 aromatic heterocycles. The molecule has 0 saturated carbocycles. The predicted octanol–water partition coefficient (Wildman–Crippen LogP) is 2.57. The zero-order valence-corrected chi connectivity index (χ0v) is 14.5. The molecule has 1 unspecified atom stereocenters. The summed E-state index contributed by atoms with van der Waals surface area (Å²) in [6.45, 7) is 4.38. The first kappa shape index (κ1) is 19.1. The number of nitrogens with one attached hydrogen (secondary N) is 2. The minimum Gasteiger partial charge on any atom is -0.444 e. The molecule has 1 heterocycles. The van der Waals surface area contributed by atoms with E-state index in [0.717, 1.165) is 4.90 Å². The van der Waals surface area contributed by atoms with Crippen molar-refractivity contribution in [3.05, 3.63) is 35.9 Å². The molecule has 1 saturated heterocycles. The monoisotopic (exact) mass is 355 g/mol. The molecule has 1 fully saturated rings. The van der Waals surface area contributed by atoms with E-state index < -0.39 is 36.1 Å². The number of alkyl halides is 2. The summed E-state index contributed by atoms with van der Waals surface area (Å²) >= 11 is 0. The number of hydrogen-bond donors (Lipinski definition) is 2. The molecule has 6 nitrogen and oxygen atoms in total. The normalized spacial score (nSPS) is 20.0. The van der Waals surface area contributed by atoms with Gasteiger partial charge in [0.05, 0.1) is 12.6 Å². The molecule has 0 aliphatic carbocycles. The second-order valence-electron chi connectivity index (χ2n) is 6.97. The lowest BCUT2D eigenvalue weighted by atomic mass is 10.0. The highest BCUT2D eigenvalue weighted by Gasteiger charge is 2.46. The number of carbonyl (C=O) groups is 2. The number of nitrogens with zero attached hydrogens (tertiary/aromatic N) is 1. The fraction of sp³-hybridized carbons (Fsp3) is 0.529. The van der Waals surface area contributed by atoms with E-state index in [-0.39, 0.29) is 13.0 Å². The molecule has 25 heavy (non-hydrogen) atoms. The summed E-state index contributed by atoms with van der Waals surface area (Å²) in [5.74, 6) is -3.69. The van der Waals surface area contributed by atoms with E-state index in [1.165, 1.54) is 0 Å². The van der Waals surface area contributed by atoms with Gasteiger partial charge in [0.15, 0.2) is 0 Å². The maximum absolute atomic E-state index is 14.3. The number of piperidine rings is 1. The Bertz CT molecular complexity index is 617. The van der Waals surface area contributed by atoms with Crippen molar-refractivity contribution in [2.75, 3.05) is 13.1 Å². The summed E-state index contributed by atoms with van der Waals surface area (Å²) in [5, 5.41) is 0. The second kappa shape index (κ2) is 7.35. The third kappa shape index (κ3) is 5.38. The highest BCUT2D eigenvalue weighted by Crippen LogP contribution is 2.28. The van der Waals surface area contributed by atoms with Crippen LogP contribution < -0.4 is 10.9 Å². The Morgan fingerprint density at radius 1 is 1.24 bits per heavy atom. The summed E-state index contributed by atoms with van der Waals surface area (Å²) in [6, 6.07) is 7.02. The molecular weight excluding hydrogens is 332 g/mol. The number of ether oxygens (including phenoxy) is 1. The summed E-state index contributed by atoms with van der Waals surface area (Å²) in [4.78, 5) is 24.9. The summed E-state index contributed by atoms with van der Waals surface area (Å²) < 4.78 is 33.7. The number of benzene rings is 1. The zero-order valence-electron chi connectivity index (χ0n) is 14.5. The quantitative estimate of drug-likeness (QED) is 0.818. The molecular formula is C17H23F2N3O3. The van der Waals surface area contributed by atoms with Gasteiger partial charge in [-0.2, -0.15) is 0 Å². The third-order valence-corrected chi connectivity index (χ3v) is 3.65. The van der Waals surface area contributed by atoms with Gasteiger partial charge >= 0.3 is 6.09 Å². The average molecular weight is 355 g/mol. The lowest BCUT2D eigenvalue weighted by Crippen LogP contribution is -2.61. The van der Waals surface area contributed by atoms with Crippen LogP contribution in [0.2, 0.25) is 0 Å². The molecule has 1 aliphatic heterocycles. The molecule has 1 atom stereocenters. The van der Waals surface area contributed by atoms with Gasteiger partial charge in [-0.25, -0.2) is 19.0 Å². The van der Waals surface area contributed by atoms with Crippen molar-refractivity contribution in [2.45, 2.75) is 44.8 Å². The topological polar surface area (TPSA) is 70.7 Å². The minimum absolute atomic E-state index is 0.0126. The predicted molar refractivity (Wildman–Crippen MR) is 88.2 cm³/mol. The van der Waals surface area contributed by atoms with Gasteiger partial charge in [-0.1, -0.05) is 18.2 Å². The van der Waals surface area contributed by atoms with Crippen LogP contribution in [0.5, 0.6) is 0 Å². The largest absolute Gasteiger partial charge is 0.444 e. The van der Waals surface area contributed by atoms with Crippen LogP contribution in [0.1, 0.15) is 37.6 Å². The maximum Gasteiger partial charge on any atom is 0.410 e. The van der Waals surface area contributed by atoms with Crippen molar-refractivity contribution in [3.63, 3.8) is 0 Å². The summed E-state index contributed by atoms with van der Waals surface area (Å²) in [7, 11) is 0.